The monoisotopic (exact) mass is 630 g/mol. The third-order valence-electron chi connectivity index (χ3n) is 7.41. The van der Waals surface area contributed by atoms with Crippen molar-refractivity contribution in [3.8, 4) is 0 Å². The summed E-state index contributed by atoms with van der Waals surface area (Å²) >= 11 is 0. The minimum atomic E-state index is -3.38. The molecule has 0 spiro atoms. The Morgan fingerprint density at radius 1 is 0.553 bits per heavy atom. The predicted molar refractivity (Wildman–Crippen MR) is 164 cm³/mol. The number of benzene rings is 2. The Kier molecular flexibility index (Phi) is 9.41. The Labute approximate surface area is 242 Å². The molecule has 4 bridgehead atoms. The number of fused-ring (bicyclic) bond motifs is 4. The molecule has 6 rings (SSSR count). The van der Waals surface area contributed by atoms with Crippen molar-refractivity contribution in [3.63, 3.8) is 0 Å². The lowest BCUT2D eigenvalue weighted by Gasteiger charge is -2.28. The fourth-order valence-electron chi connectivity index (χ4n) is 5.19. The van der Waals surface area contributed by atoms with E-state index in [2.05, 4.69) is 9.44 Å². The Bertz CT molecular complexity index is 1180. The van der Waals surface area contributed by atoms with Crippen LogP contribution < -0.4 is 9.44 Å². The van der Waals surface area contributed by atoms with Crippen molar-refractivity contribution in [2.45, 2.75) is 95.2 Å². The molecule has 6 nitrogen and oxygen atoms in total. The second-order valence-electron chi connectivity index (χ2n) is 10.3. The van der Waals surface area contributed by atoms with Gasteiger partial charge in [0.2, 0.25) is 20.0 Å². The molecule has 4 aliphatic rings. The van der Waals surface area contributed by atoms with Gasteiger partial charge >= 0.3 is 0 Å². The summed E-state index contributed by atoms with van der Waals surface area (Å²) in [5.41, 5.74) is 2.14. The van der Waals surface area contributed by atoms with E-state index in [1.165, 1.54) is 12.8 Å². The normalized spacial score (nSPS) is 30.5. The highest BCUT2D eigenvalue weighted by molar-refractivity contribution is 8.78. The predicted octanol–water partition coefficient (Wildman–Crippen LogP) is 5.92. The Hall–Kier alpha value is -0.340. The first-order valence-corrected chi connectivity index (χ1v) is 20.5. The van der Waals surface area contributed by atoms with Crippen molar-refractivity contribution in [2.24, 2.45) is 0 Å². The van der Waals surface area contributed by atoms with Gasteiger partial charge in [0.15, 0.2) is 0 Å². The lowest BCUT2D eigenvalue weighted by atomic mass is 9.95. The van der Waals surface area contributed by atoms with Crippen LogP contribution in [0.5, 0.6) is 0 Å². The Balaban J connectivity index is 0.000000155. The molecule has 208 valence electrons. The molecule has 38 heavy (non-hydrogen) atoms. The van der Waals surface area contributed by atoms with Gasteiger partial charge in [-0.3, -0.25) is 0 Å². The molecule has 6 atom stereocenters. The molecule has 2 N–H and O–H groups in total. The standard InChI is InChI=1S/2C13H17NO2S3/c2*1-9-5-7-10(8-6-9)19(15,16)14-13-11-3-2-4-12(13)18-17-11/h2*5-8,11-14H,2-4H2,1H3/t2*11-,12+,13?. The molecule has 2 unspecified atom stereocenters. The second kappa shape index (κ2) is 12.3. The molecule has 2 aromatic carbocycles. The first kappa shape index (κ1) is 29.2. The van der Waals surface area contributed by atoms with Crippen LogP contribution in [0.3, 0.4) is 0 Å². The highest BCUT2D eigenvalue weighted by Crippen LogP contribution is 2.52. The van der Waals surface area contributed by atoms with E-state index < -0.39 is 20.0 Å². The minimum absolute atomic E-state index is 0.0926. The van der Waals surface area contributed by atoms with Crippen LogP contribution in [0.25, 0.3) is 0 Å². The van der Waals surface area contributed by atoms with Crippen molar-refractivity contribution in [1.82, 2.24) is 9.44 Å². The lowest BCUT2D eigenvalue weighted by molar-refractivity contribution is 0.441. The van der Waals surface area contributed by atoms with Gasteiger partial charge in [-0.15, -0.1) is 0 Å². The van der Waals surface area contributed by atoms with Gasteiger partial charge in [0.25, 0.3) is 0 Å². The second-order valence-corrected chi connectivity index (χ2v) is 19.2. The van der Waals surface area contributed by atoms with Crippen LogP contribution in [0.2, 0.25) is 0 Å². The van der Waals surface area contributed by atoms with Gasteiger partial charge in [0.05, 0.1) is 9.79 Å². The molecule has 2 heterocycles. The largest absolute Gasteiger partial charge is 0.240 e. The molecule has 2 aliphatic heterocycles. The van der Waals surface area contributed by atoms with Crippen LogP contribution in [0.15, 0.2) is 58.3 Å². The highest BCUT2D eigenvalue weighted by Gasteiger charge is 2.43. The van der Waals surface area contributed by atoms with E-state index in [0.29, 0.717) is 30.8 Å². The average molecular weight is 631 g/mol. The van der Waals surface area contributed by atoms with Gasteiger partial charge < -0.3 is 0 Å². The van der Waals surface area contributed by atoms with Crippen LogP contribution >= 0.6 is 43.2 Å². The number of sulfonamides is 2. The molecule has 0 amide bonds. The van der Waals surface area contributed by atoms with Crippen molar-refractivity contribution in [2.75, 3.05) is 0 Å². The van der Waals surface area contributed by atoms with Gasteiger partial charge in [-0.1, -0.05) is 91.4 Å². The summed E-state index contributed by atoms with van der Waals surface area (Å²) in [5, 5.41) is 1.74. The van der Waals surface area contributed by atoms with Gasteiger partial charge in [-0.25, -0.2) is 26.3 Å². The van der Waals surface area contributed by atoms with Gasteiger partial charge in [0, 0.05) is 33.1 Å². The van der Waals surface area contributed by atoms with E-state index >= 15 is 0 Å². The van der Waals surface area contributed by atoms with Gasteiger partial charge in [-0.05, 0) is 63.8 Å². The summed E-state index contributed by atoms with van der Waals surface area (Å²) in [6.45, 7) is 3.91. The van der Waals surface area contributed by atoms with Crippen molar-refractivity contribution >= 4 is 63.2 Å². The first-order chi connectivity index (χ1) is 18.1. The quantitative estimate of drug-likeness (QED) is 0.381. The van der Waals surface area contributed by atoms with Crippen LogP contribution in [0.4, 0.5) is 0 Å². The van der Waals surface area contributed by atoms with E-state index in [-0.39, 0.29) is 12.1 Å². The van der Waals surface area contributed by atoms with Crippen LogP contribution in [-0.4, -0.2) is 49.9 Å². The number of hydrogen-bond acceptors (Lipinski definition) is 8. The molecule has 2 saturated carbocycles. The van der Waals surface area contributed by atoms with E-state index in [1.54, 1.807) is 24.3 Å². The smallest absolute Gasteiger partial charge is 0.207 e. The molecule has 0 aromatic heterocycles. The molecule has 2 saturated heterocycles. The molecule has 4 fully saturated rings. The summed E-state index contributed by atoms with van der Waals surface area (Å²) in [7, 11) is 0.638. The van der Waals surface area contributed by atoms with Crippen LogP contribution in [0.1, 0.15) is 49.7 Å². The van der Waals surface area contributed by atoms with Gasteiger partial charge in [0.1, 0.15) is 0 Å². The Morgan fingerprint density at radius 3 is 1.13 bits per heavy atom. The molecule has 2 aliphatic carbocycles. The molecule has 12 heteroatoms. The average Bonchev–Trinajstić information content (AvgIpc) is 3.21. The number of aryl methyl sites for hydroxylation is 2. The first-order valence-electron chi connectivity index (χ1n) is 12.9. The minimum Gasteiger partial charge on any atom is -0.207 e. The lowest BCUT2D eigenvalue weighted by Crippen LogP contribution is -2.47. The third kappa shape index (κ3) is 6.75. The number of nitrogens with one attached hydrogen (secondary N) is 2. The van der Waals surface area contributed by atoms with Crippen molar-refractivity contribution < 1.29 is 16.8 Å². The molecular formula is C26H34N2O4S6. The number of rotatable bonds is 6. The van der Waals surface area contributed by atoms with E-state index in [1.807, 2.05) is 81.3 Å². The molecular weight excluding hydrogens is 597 g/mol. The third-order valence-corrected chi connectivity index (χ3v) is 17.3. The summed E-state index contributed by atoms with van der Waals surface area (Å²) in [6, 6.07) is 14.3. The Morgan fingerprint density at radius 2 is 0.842 bits per heavy atom. The highest BCUT2D eigenvalue weighted by atomic mass is 33.1. The summed E-state index contributed by atoms with van der Waals surface area (Å²) in [5.74, 6) is 0. The van der Waals surface area contributed by atoms with Crippen LogP contribution in [0, 0.1) is 13.8 Å². The van der Waals surface area contributed by atoms with E-state index in [9.17, 15) is 16.8 Å². The SMILES string of the molecule is Cc1ccc(S(=O)(=O)NC2[C@@H]3CCC[C@H]2SS3)cc1.Cc1ccc(S(=O)(=O)NC2[C@@H]3CCC[C@H]2SS3)cc1. The summed E-state index contributed by atoms with van der Waals surface area (Å²) < 4.78 is 55.5. The fourth-order valence-corrected chi connectivity index (χ4v) is 15.8. The van der Waals surface area contributed by atoms with E-state index in [4.69, 9.17) is 0 Å². The fraction of sp³-hybridized carbons (Fsp3) is 0.538. The van der Waals surface area contributed by atoms with Gasteiger partial charge in [-0.2, -0.15) is 0 Å². The zero-order chi connectivity index (χ0) is 26.9. The van der Waals surface area contributed by atoms with Crippen molar-refractivity contribution in [3.05, 3.63) is 59.7 Å². The van der Waals surface area contributed by atoms with Crippen LogP contribution in [-0.2, 0) is 20.0 Å². The zero-order valence-corrected chi connectivity index (χ0v) is 26.3. The zero-order valence-electron chi connectivity index (χ0n) is 21.4. The molecule has 2 aromatic rings. The molecule has 0 radical (unpaired) electrons. The maximum absolute atomic E-state index is 12.4. The number of hydrogen-bond donors (Lipinski definition) is 2. The summed E-state index contributed by atoms with van der Waals surface area (Å²) in [4.78, 5) is 0.746. The maximum atomic E-state index is 12.4. The maximum Gasteiger partial charge on any atom is 0.240 e. The van der Waals surface area contributed by atoms with E-state index in [0.717, 1.165) is 36.8 Å². The topological polar surface area (TPSA) is 92.3 Å². The van der Waals surface area contributed by atoms with Crippen molar-refractivity contribution in [1.29, 1.82) is 0 Å². The summed E-state index contributed by atoms with van der Waals surface area (Å²) in [6.07, 6.45) is 6.92.